The second-order valence-electron chi connectivity index (χ2n) is 2.73. The van der Waals surface area contributed by atoms with Crippen molar-refractivity contribution in [3.8, 4) is 5.75 Å². The second-order valence-corrected chi connectivity index (χ2v) is 4.64. The lowest BCUT2D eigenvalue weighted by Gasteiger charge is -1.94. The Balaban J connectivity index is 2.80. The minimum Gasteiger partial charge on any atom is -0.506 e. The summed E-state index contributed by atoms with van der Waals surface area (Å²) in [5.74, 6) is -0.304. The van der Waals surface area contributed by atoms with Gasteiger partial charge in [-0.1, -0.05) is 6.07 Å². The zero-order valence-electron chi connectivity index (χ0n) is 6.80. The summed E-state index contributed by atoms with van der Waals surface area (Å²) in [6.45, 7) is 0. The van der Waals surface area contributed by atoms with Gasteiger partial charge in [-0.05, 0) is 28.1 Å². The molecule has 0 fully saturated rings. The zero-order chi connectivity index (χ0) is 10.3. The molecule has 0 aliphatic heterocycles. The van der Waals surface area contributed by atoms with E-state index in [4.69, 9.17) is 0 Å². The van der Waals surface area contributed by atoms with Crippen LogP contribution in [0.3, 0.4) is 0 Å². The third-order valence-electron chi connectivity index (χ3n) is 1.87. The molecule has 0 saturated heterocycles. The van der Waals surface area contributed by atoms with Crippen LogP contribution < -0.4 is 0 Å². The van der Waals surface area contributed by atoms with Crippen molar-refractivity contribution in [2.75, 3.05) is 0 Å². The van der Waals surface area contributed by atoms with Gasteiger partial charge < -0.3 is 5.11 Å². The Labute approximate surface area is 91.1 Å². The average molecular weight is 279 g/mol. The number of benzene rings is 1. The molecular weight excluding hydrogens is 274 g/mol. The lowest BCUT2D eigenvalue weighted by molar-refractivity contribution is 0.152. The first-order valence-electron chi connectivity index (χ1n) is 3.79. The average Bonchev–Trinajstić information content (AvgIpc) is 2.46. The van der Waals surface area contributed by atoms with Crippen LogP contribution in [0, 0.1) is 0 Å². The molecule has 1 nitrogen and oxygen atoms in total. The molecule has 0 aliphatic carbocycles. The van der Waals surface area contributed by atoms with Gasteiger partial charge in [0.15, 0.2) is 0 Å². The van der Waals surface area contributed by atoms with E-state index in [0.29, 0.717) is 10.1 Å². The van der Waals surface area contributed by atoms with Crippen LogP contribution in [0.1, 0.15) is 11.3 Å². The lowest BCUT2D eigenvalue weighted by Crippen LogP contribution is -1.75. The van der Waals surface area contributed by atoms with E-state index < -0.39 is 6.43 Å². The van der Waals surface area contributed by atoms with Crippen LogP contribution in [0.5, 0.6) is 5.75 Å². The molecule has 5 heteroatoms. The minimum absolute atomic E-state index is 0.271. The van der Waals surface area contributed by atoms with Crippen LogP contribution in [-0.4, -0.2) is 5.11 Å². The summed E-state index contributed by atoms with van der Waals surface area (Å²) in [6, 6.07) is 5.08. The molecule has 14 heavy (non-hydrogen) atoms. The van der Waals surface area contributed by atoms with Gasteiger partial charge in [-0.3, -0.25) is 0 Å². The number of hydrogen-bond acceptors (Lipinski definition) is 2. The van der Waals surface area contributed by atoms with E-state index in [1.54, 1.807) is 18.2 Å². The maximum absolute atomic E-state index is 12.4. The van der Waals surface area contributed by atoms with Crippen molar-refractivity contribution in [1.82, 2.24) is 0 Å². The summed E-state index contributed by atoms with van der Waals surface area (Å²) in [4.78, 5) is -0.271. The normalized spacial score (nSPS) is 11.4. The second kappa shape index (κ2) is 3.47. The van der Waals surface area contributed by atoms with E-state index in [9.17, 15) is 13.9 Å². The lowest BCUT2D eigenvalue weighted by atomic mass is 10.2. The topological polar surface area (TPSA) is 20.2 Å². The fraction of sp³-hybridized carbons (Fsp3) is 0.111. The Kier molecular flexibility index (Phi) is 2.45. The van der Waals surface area contributed by atoms with E-state index >= 15 is 0 Å². The number of aromatic hydroxyl groups is 1. The first-order valence-corrected chi connectivity index (χ1v) is 5.40. The van der Waals surface area contributed by atoms with Gasteiger partial charge in [-0.2, -0.15) is 0 Å². The summed E-state index contributed by atoms with van der Waals surface area (Å²) in [5, 5.41) is 9.97. The van der Waals surface area contributed by atoms with Gasteiger partial charge >= 0.3 is 0 Å². The van der Waals surface area contributed by atoms with E-state index in [2.05, 4.69) is 15.9 Å². The van der Waals surface area contributed by atoms with E-state index in [1.807, 2.05) is 0 Å². The van der Waals surface area contributed by atoms with Gasteiger partial charge in [0, 0.05) is 9.86 Å². The highest BCUT2D eigenvalue weighted by molar-refractivity contribution is 9.10. The molecule has 1 aromatic heterocycles. The predicted octanol–water partition coefficient (Wildman–Crippen LogP) is 4.31. The molecule has 0 spiro atoms. The van der Waals surface area contributed by atoms with E-state index in [0.717, 1.165) is 15.8 Å². The van der Waals surface area contributed by atoms with E-state index in [-0.39, 0.29) is 10.6 Å². The number of fused-ring (bicyclic) bond motifs is 1. The predicted molar refractivity (Wildman–Crippen MR) is 56.1 cm³/mol. The monoisotopic (exact) mass is 278 g/mol. The Morgan fingerprint density at radius 2 is 2.07 bits per heavy atom. The molecular formula is C9H5BrF2OS. The van der Waals surface area contributed by atoms with Crippen molar-refractivity contribution in [2.45, 2.75) is 6.43 Å². The van der Waals surface area contributed by atoms with Gasteiger partial charge in [0.1, 0.15) is 10.6 Å². The summed E-state index contributed by atoms with van der Waals surface area (Å²) in [6.07, 6.45) is -2.63. The van der Waals surface area contributed by atoms with Crippen LogP contribution in [0.2, 0.25) is 0 Å². The van der Waals surface area contributed by atoms with Gasteiger partial charge in [0.25, 0.3) is 6.43 Å². The Morgan fingerprint density at radius 3 is 2.64 bits per heavy atom. The van der Waals surface area contributed by atoms with Crippen molar-refractivity contribution in [1.29, 1.82) is 0 Å². The first-order chi connectivity index (χ1) is 6.61. The fourth-order valence-electron chi connectivity index (χ4n) is 1.24. The van der Waals surface area contributed by atoms with Crippen molar-refractivity contribution in [3.63, 3.8) is 0 Å². The zero-order valence-corrected chi connectivity index (χ0v) is 9.20. The fourth-order valence-corrected chi connectivity index (χ4v) is 2.80. The number of thiophene rings is 1. The molecule has 0 aliphatic rings. The van der Waals surface area contributed by atoms with Crippen molar-refractivity contribution >= 4 is 37.4 Å². The molecule has 0 atom stereocenters. The number of rotatable bonds is 1. The molecule has 2 rings (SSSR count). The number of halogens is 3. The molecule has 0 amide bonds. The Hall–Kier alpha value is -0.680. The molecule has 0 saturated carbocycles. The molecule has 74 valence electrons. The highest BCUT2D eigenvalue weighted by Crippen LogP contribution is 2.44. The van der Waals surface area contributed by atoms with Crippen LogP contribution in [0.4, 0.5) is 8.78 Å². The molecule has 0 bridgehead atoms. The molecule has 1 aromatic carbocycles. The van der Waals surface area contributed by atoms with Crippen molar-refractivity contribution < 1.29 is 13.9 Å². The van der Waals surface area contributed by atoms with Crippen LogP contribution in [0.25, 0.3) is 10.1 Å². The third kappa shape index (κ3) is 1.40. The molecule has 0 unspecified atom stereocenters. The highest BCUT2D eigenvalue weighted by Gasteiger charge is 2.19. The number of hydrogen-bond donors (Lipinski definition) is 1. The largest absolute Gasteiger partial charge is 0.506 e. The van der Waals surface area contributed by atoms with Gasteiger partial charge in [0.2, 0.25) is 0 Å². The number of alkyl halides is 2. The summed E-state index contributed by atoms with van der Waals surface area (Å²) >= 11 is 4.16. The molecule has 2 aromatic rings. The summed E-state index contributed by atoms with van der Waals surface area (Å²) < 4.78 is 26.2. The maximum Gasteiger partial charge on any atom is 0.276 e. The highest BCUT2D eigenvalue weighted by atomic mass is 79.9. The molecule has 1 heterocycles. The first kappa shape index (κ1) is 9.86. The van der Waals surface area contributed by atoms with Crippen molar-refractivity contribution in [2.24, 2.45) is 0 Å². The van der Waals surface area contributed by atoms with Crippen LogP contribution in [-0.2, 0) is 0 Å². The third-order valence-corrected chi connectivity index (χ3v) is 4.02. The van der Waals surface area contributed by atoms with Gasteiger partial charge in [-0.15, -0.1) is 11.3 Å². The quantitative estimate of drug-likeness (QED) is 0.824. The van der Waals surface area contributed by atoms with Crippen molar-refractivity contribution in [3.05, 3.63) is 27.5 Å². The van der Waals surface area contributed by atoms with Gasteiger partial charge in [-0.25, -0.2) is 8.78 Å². The van der Waals surface area contributed by atoms with Gasteiger partial charge in [0.05, 0.1) is 4.70 Å². The Morgan fingerprint density at radius 1 is 1.36 bits per heavy atom. The summed E-state index contributed by atoms with van der Waals surface area (Å²) in [7, 11) is 0. The maximum atomic E-state index is 12.4. The molecule has 0 radical (unpaired) electrons. The van der Waals surface area contributed by atoms with E-state index in [1.165, 1.54) is 0 Å². The standard InChI is InChI=1S/C9H5BrF2OS/c10-5-3-1-2-4-6(13)8(9(11)12)14-7(4)5/h1-3,9,13H. The molecule has 1 N–H and O–H groups in total. The van der Waals surface area contributed by atoms with Crippen LogP contribution >= 0.6 is 27.3 Å². The minimum atomic E-state index is -2.63. The SMILES string of the molecule is Oc1c(C(F)F)sc2c(Br)cccc12. The summed E-state index contributed by atoms with van der Waals surface area (Å²) in [5.41, 5.74) is 0. The van der Waals surface area contributed by atoms with Crippen LogP contribution in [0.15, 0.2) is 22.7 Å². The smallest absolute Gasteiger partial charge is 0.276 e. The Bertz CT molecular complexity index is 481.